The average Bonchev–Trinajstić information content (AvgIpc) is 2.84. The highest BCUT2D eigenvalue weighted by Crippen LogP contribution is 2.12. The van der Waals surface area contributed by atoms with Crippen molar-refractivity contribution in [3.05, 3.63) is 59.8 Å². The Morgan fingerprint density at radius 1 is 1.12 bits per heavy atom. The average molecular weight is 242 g/mol. The minimum absolute atomic E-state index is 1.01. The molecule has 0 atom stereocenters. The van der Waals surface area contributed by atoms with E-state index in [0.29, 0.717) is 0 Å². The number of allylic oxidation sites excluding steroid dienone is 2. The quantitative estimate of drug-likeness (QED) is 0.651. The van der Waals surface area contributed by atoms with Crippen LogP contribution in [0.2, 0.25) is 0 Å². The Hall–Kier alpha value is -1.74. The number of nitrogens with zero attached hydrogens (tertiary/aromatic N) is 1. The molecule has 0 bridgehead atoms. The molecule has 1 N–H and O–H groups in total. The van der Waals surface area contributed by atoms with Crippen LogP contribution >= 0.6 is 11.8 Å². The van der Waals surface area contributed by atoms with Gasteiger partial charge < -0.3 is 0 Å². The summed E-state index contributed by atoms with van der Waals surface area (Å²) in [5, 5.41) is 8.11. The van der Waals surface area contributed by atoms with E-state index < -0.39 is 0 Å². The smallest absolute Gasteiger partial charge is 0.118 e. The van der Waals surface area contributed by atoms with Gasteiger partial charge in [0.15, 0.2) is 0 Å². The minimum atomic E-state index is 1.01. The van der Waals surface area contributed by atoms with Crippen molar-refractivity contribution in [2.45, 2.75) is 5.03 Å². The van der Waals surface area contributed by atoms with Gasteiger partial charge in [0.2, 0.25) is 0 Å². The topological polar surface area (TPSA) is 28.7 Å². The first kappa shape index (κ1) is 11.7. The zero-order chi connectivity index (χ0) is 11.9. The molecule has 0 spiro atoms. The number of aromatic nitrogens is 2. The molecular weight excluding hydrogens is 228 g/mol. The van der Waals surface area contributed by atoms with Crippen LogP contribution in [0.1, 0.15) is 11.3 Å². The highest BCUT2D eigenvalue weighted by atomic mass is 32.2. The van der Waals surface area contributed by atoms with E-state index in [1.54, 1.807) is 11.8 Å². The van der Waals surface area contributed by atoms with E-state index in [-0.39, 0.29) is 0 Å². The summed E-state index contributed by atoms with van der Waals surface area (Å²) in [4.78, 5) is 0. The first-order chi connectivity index (χ1) is 8.38. The van der Waals surface area contributed by atoms with E-state index in [2.05, 4.69) is 28.4 Å². The molecule has 0 radical (unpaired) electrons. The van der Waals surface area contributed by atoms with Crippen molar-refractivity contribution in [3.8, 4) is 0 Å². The molecule has 17 heavy (non-hydrogen) atoms. The predicted molar refractivity (Wildman–Crippen MR) is 74.9 cm³/mol. The molecule has 0 saturated heterocycles. The van der Waals surface area contributed by atoms with Gasteiger partial charge in [-0.2, -0.15) is 5.10 Å². The van der Waals surface area contributed by atoms with Crippen LogP contribution in [0, 0.1) is 0 Å². The maximum Gasteiger partial charge on any atom is 0.118 e. The molecule has 86 valence electrons. The summed E-state index contributed by atoms with van der Waals surface area (Å²) >= 11 is 1.63. The summed E-state index contributed by atoms with van der Waals surface area (Å²) in [6.45, 7) is 0. The van der Waals surface area contributed by atoms with Crippen molar-refractivity contribution in [2.24, 2.45) is 0 Å². The summed E-state index contributed by atoms with van der Waals surface area (Å²) in [5.74, 6) is 0. The number of nitrogens with one attached hydrogen (secondary N) is 1. The maximum atomic E-state index is 4.13. The lowest BCUT2D eigenvalue weighted by molar-refractivity contribution is 1.000. The molecule has 1 aromatic carbocycles. The van der Waals surface area contributed by atoms with Crippen LogP contribution in [0.15, 0.2) is 53.6 Å². The second-order valence-corrected chi connectivity index (χ2v) is 4.32. The molecule has 0 saturated carbocycles. The fourth-order valence-corrected chi connectivity index (χ4v) is 1.78. The van der Waals surface area contributed by atoms with Gasteiger partial charge >= 0.3 is 0 Å². The van der Waals surface area contributed by atoms with Crippen LogP contribution in [0.25, 0.3) is 12.2 Å². The largest absolute Gasteiger partial charge is 0.277 e. The molecule has 0 amide bonds. The Morgan fingerprint density at radius 2 is 1.88 bits per heavy atom. The van der Waals surface area contributed by atoms with Gasteiger partial charge in [-0.05, 0) is 24.0 Å². The van der Waals surface area contributed by atoms with Crippen LogP contribution in [-0.4, -0.2) is 16.5 Å². The minimum Gasteiger partial charge on any atom is -0.277 e. The Kier molecular flexibility index (Phi) is 4.22. The Labute approximate surface area is 105 Å². The van der Waals surface area contributed by atoms with E-state index in [1.807, 2.05) is 48.7 Å². The van der Waals surface area contributed by atoms with Crippen LogP contribution in [0.5, 0.6) is 0 Å². The predicted octanol–water partition coefficient (Wildman–Crippen LogP) is 3.86. The normalized spacial score (nSPS) is 11.6. The third-order valence-electron chi connectivity index (χ3n) is 2.26. The lowest BCUT2D eigenvalue weighted by atomic mass is 10.2. The summed E-state index contributed by atoms with van der Waals surface area (Å²) in [5.41, 5.74) is 2.22. The number of aromatic amines is 1. The molecule has 0 aliphatic rings. The van der Waals surface area contributed by atoms with Crippen molar-refractivity contribution < 1.29 is 0 Å². The molecule has 2 aromatic rings. The summed E-state index contributed by atoms with van der Waals surface area (Å²) in [6.07, 6.45) is 10.1. The Morgan fingerprint density at radius 3 is 2.59 bits per heavy atom. The molecule has 2 nitrogen and oxygen atoms in total. The summed E-state index contributed by atoms with van der Waals surface area (Å²) < 4.78 is 0. The molecule has 2 rings (SSSR count). The highest BCUT2D eigenvalue weighted by Gasteiger charge is 1.93. The number of benzene rings is 1. The molecule has 1 heterocycles. The van der Waals surface area contributed by atoms with Gasteiger partial charge in [-0.15, -0.1) is 11.8 Å². The highest BCUT2D eigenvalue weighted by molar-refractivity contribution is 7.98. The van der Waals surface area contributed by atoms with E-state index in [0.717, 1.165) is 10.7 Å². The number of hydrogen-bond donors (Lipinski definition) is 1. The van der Waals surface area contributed by atoms with Gasteiger partial charge in [0.1, 0.15) is 5.03 Å². The molecule has 1 aromatic heterocycles. The fourth-order valence-electron chi connectivity index (χ4n) is 1.40. The number of rotatable bonds is 4. The van der Waals surface area contributed by atoms with Crippen molar-refractivity contribution in [2.75, 3.05) is 6.26 Å². The maximum absolute atomic E-state index is 4.13. The van der Waals surface area contributed by atoms with E-state index in [4.69, 9.17) is 0 Å². The summed E-state index contributed by atoms with van der Waals surface area (Å²) in [6, 6.07) is 12.3. The number of hydrogen-bond acceptors (Lipinski definition) is 2. The standard InChI is InChI=1S/C14H14N2S/c1-17-14-11-13(15-16-14)10-6-5-9-12-7-3-2-4-8-12/h2-11H,1H3,(H,15,16)/b9-5+,10-6+. The third-order valence-corrected chi connectivity index (χ3v) is 2.89. The van der Waals surface area contributed by atoms with Gasteiger partial charge in [0.05, 0.1) is 5.69 Å². The van der Waals surface area contributed by atoms with Gasteiger partial charge in [-0.25, -0.2) is 0 Å². The van der Waals surface area contributed by atoms with Crippen LogP contribution in [0.4, 0.5) is 0 Å². The Balaban J connectivity index is 1.95. The van der Waals surface area contributed by atoms with E-state index >= 15 is 0 Å². The lowest BCUT2D eigenvalue weighted by Crippen LogP contribution is -1.70. The number of H-pyrrole nitrogens is 1. The van der Waals surface area contributed by atoms with Gasteiger partial charge in [0.25, 0.3) is 0 Å². The van der Waals surface area contributed by atoms with Crippen molar-refractivity contribution in [1.29, 1.82) is 0 Å². The second-order valence-electron chi connectivity index (χ2n) is 3.49. The lowest BCUT2D eigenvalue weighted by Gasteiger charge is -1.88. The van der Waals surface area contributed by atoms with Gasteiger partial charge in [0, 0.05) is 0 Å². The monoisotopic (exact) mass is 242 g/mol. The van der Waals surface area contributed by atoms with Gasteiger partial charge in [-0.1, -0.05) is 48.6 Å². The molecule has 0 unspecified atom stereocenters. The Bertz CT molecular complexity index is 512. The van der Waals surface area contributed by atoms with Crippen molar-refractivity contribution in [3.63, 3.8) is 0 Å². The van der Waals surface area contributed by atoms with Crippen LogP contribution in [0.3, 0.4) is 0 Å². The van der Waals surface area contributed by atoms with Crippen molar-refractivity contribution in [1.82, 2.24) is 10.2 Å². The molecule has 0 aliphatic carbocycles. The molecule has 3 heteroatoms. The van der Waals surface area contributed by atoms with E-state index in [1.165, 1.54) is 5.56 Å². The number of thioether (sulfide) groups is 1. The first-order valence-electron chi connectivity index (χ1n) is 5.37. The van der Waals surface area contributed by atoms with E-state index in [9.17, 15) is 0 Å². The molecular formula is C14H14N2S. The zero-order valence-corrected chi connectivity index (χ0v) is 10.4. The fraction of sp³-hybridized carbons (Fsp3) is 0.0714. The van der Waals surface area contributed by atoms with Crippen LogP contribution in [-0.2, 0) is 0 Å². The second kappa shape index (κ2) is 6.11. The third kappa shape index (κ3) is 3.64. The first-order valence-corrected chi connectivity index (χ1v) is 6.60. The molecule has 0 aliphatic heterocycles. The zero-order valence-electron chi connectivity index (χ0n) is 9.63. The van der Waals surface area contributed by atoms with Crippen LogP contribution < -0.4 is 0 Å². The summed E-state index contributed by atoms with van der Waals surface area (Å²) in [7, 11) is 0. The molecule has 0 fully saturated rings. The SMILES string of the molecule is CSc1cc(/C=C/C=C/c2ccccc2)[nH]n1. The van der Waals surface area contributed by atoms with Gasteiger partial charge in [-0.3, -0.25) is 5.10 Å². The van der Waals surface area contributed by atoms with Crippen molar-refractivity contribution >= 4 is 23.9 Å².